The zero-order chi connectivity index (χ0) is 16.3. The van der Waals surface area contributed by atoms with Crippen molar-refractivity contribution in [3.05, 3.63) is 0 Å². The normalized spacial score (nSPS) is 29.9. The Hall–Kier alpha value is -0.770. The Morgan fingerprint density at radius 3 is 2.50 bits per heavy atom. The molecule has 4 heteroatoms. The molecule has 0 aromatic heterocycles. The summed E-state index contributed by atoms with van der Waals surface area (Å²) < 4.78 is 5.48. The van der Waals surface area contributed by atoms with Gasteiger partial charge in [0.2, 0.25) is 0 Å². The molecule has 0 spiro atoms. The second-order valence-corrected chi connectivity index (χ2v) is 8.38. The van der Waals surface area contributed by atoms with E-state index in [0.717, 1.165) is 31.3 Å². The molecule has 2 fully saturated rings. The highest BCUT2D eigenvalue weighted by Gasteiger charge is 2.34. The van der Waals surface area contributed by atoms with Crippen molar-refractivity contribution in [2.45, 2.75) is 84.4 Å². The molecular formula is C18H34N2O2. The van der Waals surface area contributed by atoms with Gasteiger partial charge in [0.15, 0.2) is 0 Å². The Morgan fingerprint density at radius 1 is 1.18 bits per heavy atom. The molecule has 1 aliphatic carbocycles. The van der Waals surface area contributed by atoms with Crippen molar-refractivity contribution in [2.75, 3.05) is 13.1 Å². The van der Waals surface area contributed by atoms with E-state index in [9.17, 15) is 4.79 Å². The summed E-state index contributed by atoms with van der Waals surface area (Å²) in [5.74, 6) is 1.52. The summed E-state index contributed by atoms with van der Waals surface area (Å²) in [5, 5.41) is 3.85. The topological polar surface area (TPSA) is 41.6 Å². The number of ether oxygens (including phenoxy) is 1. The number of nitrogens with one attached hydrogen (secondary N) is 1. The molecule has 0 aromatic rings. The molecule has 1 saturated carbocycles. The fraction of sp³-hybridized carbons (Fsp3) is 0.944. The minimum absolute atomic E-state index is 0.166. The van der Waals surface area contributed by atoms with E-state index < -0.39 is 5.60 Å². The van der Waals surface area contributed by atoms with Crippen LogP contribution in [-0.2, 0) is 4.74 Å². The number of hydrogen-bond donors (Lipinski definition) is 1. The Labute approximate surface area is 136 Å². The lowest BCUT2D eigenvalue weighted by Crippen LogP contribution is -2.47. The summed E-state index contributed by atoms with van der Waals surface area (Å²) >= 11 is 0. The largest absolute Gasteiger partial charge is 0.444 e. The van der Waals surface area contributed by atoms with E-state index in [0.29, 0.717) is 12.1 Å². The third-order valence-electron chi connectivity index (χ3n) is 4.97. The molecule has 2 aliphatic rings. The summed E-state index contributed by atoms with van der Waals surface area (Å²) in [6.07, 6.45) is 6.21. The first-order chi connectivity index (χ1) is 10.3. The molecule has 4 nitrogen and oxygen atoms in total. The lowest BCUT2D eigenvalue weighted by Gasteiger charge is -2.36. The standard InChI is InChI=1S/C18H34N2O2/c1-13(2)15-8-6-7-9-16(15)19-14-10-11-20(12-14)17(21)22-18(3,4)5/h13-16,19H,6-12H2,1-5H3. The first-order valence-corrected chi connectivity index (χ1v) is 9.00. The van der Waals surface area contributed by atoms with E-state index in [1.165, 1.54) is 25.7 Å². The van der Waals surface area contributed by atoms with Crippen molar-refractivity contribution in [3.8, 4) is 0 Å². The second kappa shape index (κ2) is 7.20. The molecular weight excluding hydrogens is 276 g/mol. The van der Waals surface area contributed by atoms with Crippen LogP contribution in [0.5, 0.6) is 0 Å². The minimum Gasteiger partial charge on any atom is -0.444 e. The van der Waals surface area contributed by atoms with Crippen LogP contribution in [0.4, 0.5) is 4.79 Å². The van der Waals surface area contributed by atoms with Crippen LogP contribution >= 0.6 is 0 Å². The van der Waals surface area contributed by atoms with Crippen LogP contribution in [-0.4, -0.2) is 41.8 Å². The van der Waals surface area contributed by atoms with Crippen molar-refractivity contribution >= 4 is 6.09 Å². The maximum Gasteiger partial charge on any atom is 0.410 e. The molecule has 1 saturated heterocycles. The number of likely N-dealkylation sites (tertiary alicyclic amines) is 1. The van der Waals surface area contributed by atoms with Gasteiger partial charge in [-0.25, -0.2) is 4.79 Å². The fourth-order valence-electron chi connectivity index (χ4n) is 3.86. The Kier molecular flexibility index (Phi) is 5.76. The van der Waals surface area contributed by atoms with Gasteiger partial charge in [0.05, 0.1) is 0 Å². The Bertz CT molecular complexity index is 376. The van der Waals surface area contributed by atoms with Crippen molar-refractivity contribution < 1.29 is 9.53 Å². The molecule has 1 amide bonds. The van der Waals surface area contributed by atoms with E-state index in [4.69, 9.17) is 4.74 Å². The van der Waals surface area contributed by atoms with Gasteiger partial charge in [0.1, 0.15) is 5.60 Å². The van der Waals surface area contributed by atoms with Crippen LogP contribution in [0, 0.1) is 11.8 Å². The third-order valence-corrected chi connectivity index (χ3v) is 4.97. The minimum atomic E-state index is -0.408. The molecule has 1 N–H and O–H groups in total. The van der Waals surface area contributed by atoms with Gasteiger partial charge >= 0.3 is 6.09 Å². The molecule has 1 aliphatic heterocycles. The highest BCUT2D eigenvalue weighted by molar-refractivity contribution is 5.68. The summed E-state index contributed by atoms with van der Waals surface area (Å²) in [5.41, 5.74) is -0.408. The maximum absolute atomic E-state index is 12.1. The van der Waals surface area contributed by atoms with Gasteiger partial charge in [-0.1, -0.05) is 26.7 Å². The average Bonchev–Trinajstić information content (AvgIpc) is 2.86. The van der Waals surface area contributed by atoms with Crippen molar-refractivity contribution in [1.29, 1.82) is 0 Å². The SMILES string of the molecule is CC(C)C1CCCCC1NC1CCN(C(=O)OC(C)(C)C)C1. The predicted octanol–water partition coefficient (Wildman–Crippen LogP) is 3.80. The molecule has 0 radical (unpaired) electrons. The molecule has 128 valence electrons. The maximum atomic E-state index is 12.1. The monoisotopic (exact) mass is 310 g/mol. The van der Waals surface area contributed by atoms with Crippen LogP contribution < -0.4 is 5.32 Å². The summed E-state index contributed by atoms with van der Waals surface area (Å²) in [4.78, 5) is 14.0. The summed E-state index contributed by atoms with van der Waals surface area (Å²) in [7, 11) is 0. The van der Waals surface area contributed by atoms with Crippen molar-refractivity contribution in [1.82, 2.24) is 10.2 Å². The highest BCUT2D eigenvalue weighted by atomic mass is 16.6. The van der Waals surface area contributed by atoms with Crippen LogP contribution in [0.25, 0.3) is 0 Å². The van der Waals surface area contributed by atoms with Crippen molar-refractivity contribution in [3.63, 3.8) is 0 Å². The van der Waals surface area contributed by atoms with E-state index in [1.807, 2.05) is 25.7 Å². The number of amides is 1. The van der Waals surface area contributed by atoms with Gasteiger partial charge in [-0.3, -0.25) is 0 Å². The molecule has 1 heterocycles. The molecule has 3 unspecified atom stereocenters. The third kappa shape index (κ3) is 4.87. The first kappa shape index (κ1) is 17.6. The van der Waals surface area contributed by atoms with Gasteiger partial charge < -0.3 is 15.0 Å². The number of carbonyl (C=O) groups is 1. The summed E-state index contributed by atoms with van der Waals surface area (Å²) in [6.45, 7) is 12.0. The zero-order valence-corrected chi connectivity index (χ0v) is 15.0. The highest BCUT2D eigenvalue weighted by Crippen LogP contribution is 2.31. The Morgan fingerprint density at radius 2 is 1.86 bits per heavy atom. The second-order valence-electron chi connectivity index (χ2n) is 8.38. The number of hydrogen-bond acceptors (Lipinski definition) is 3. The number of nitrogens with zero attached hydrogens (tertiary/aromatic N) is 1. The zero-order valence-electron chi connectivity index (χ0n) is 15.0. The lowest BCUT2D eigenvalue weighted by molar-refractivity contribution is 0.0289. The molecule has 3 atom stereocenters. The van der Waals surface area contributed by atoms with E-state index >= 15 is 0 Å². The predicted molar refractivity (Wildman–Crippen MR) is 89.9 cm³/mol. The average molecular weight is 310 g/mol. The molecule has 2 rings (SSSR count). The quantitative estimate of drug-likeness (QED) is 0.862. The van der Waals surface area contributed by atoms with E-state index in [1.54, 1.807) is 0 Å². The Balaban J connectivity index is 1.84. The fourth-order valence-corrected chi connectivity index (χ4v) is 3.86. The molecule has 0 aromatic carbocycles. The summed E-state index contributed by atoms with van der Waals surface area (Å²) in [6, 6.07) is 1.05. The van der Waals surface area contributed by atoms with Gasteiger partial charge in [-0.15, -0.1) is 0 Å². The van der Waals surface area contributed by atoms with Crippen LogP contribution in [0.2, 0.25) is 0 Å². The lowest BCUT2D eigenvalue weighted by atomic mass is 9.77. The van der Waals surface area contributed by atoms with Crippen LogP contribution in [0.1, 0.15) is 66.7 Å². The van der Waals surface area contributed by atoms with Gasteiger partial charge in [0, 0.05) is 25.2 Å². The number of carbonyl (C=O) groups excluding carboxylic acids is 1. The molecule has 0 bridgehead atoms. The van der Waals surface area contributed by atoms with E-state index in [2.05, 4.69) is 19.2 Å². The number of rotatable bonds is 3. The van der Waals surface area contributed by atoms with Gasteiger partial charge in [-0.05, 0) is 51.9 Å². The van der Waals surface area contributed by atoms with E-state index in [-0.39, 0.29) is 6.09 Å². The molecule has 22 heavy (non-hydrogen) atoms. The smallest absolute Gasteiger partial charge is 0.410 e. The van der Waals surface area contributed by atoms with Gasteiger partial charge in [-0.2, -0.15) is 0 Å². The van der Waals surface area contributed by atoms with Crippen molar-refractivity contribution in [2.24, 2.45) is 11.8 Å². The van der Waals surface area contributed by atoms with Crippen LogP contribution in [0.15, 0.2) is 0 Å². The first-order valence-electron chi connectivity index (χ1n) is 9.00. The van der Waals surface area contributed by atoms with Gasteiger partial charge in [0.25, 0.3) is 0 Å². The van der Waals surface area contributed by atoms with Crippen LogP contribution in [0.3, 0.4) is 0 Å².